The number of aromatic nitrogens is 2. The lowest BCUT2D eigenvalue weighted by Crippen LogP contribution is -2.16. The number of nitrogens with zero attached hydrogens (tertiary/aromatic N) is 2. The van der Waals surface area contributed by atoms with Crippen molar-refractivity contribution in [3.63, 3.8) is 0 Å². The van der Waals surface area contributed by atoms with E-state index in [9.17, 15) is 0 Å². The van der Waals surface area contributed by atoms with Crippen LogP contribution in [-0.2, 0) is 4.74 Å². The summed E-state index contributed by atoms with van der Waals surface area (Å²) in [6, 6.07) is 6.19. The number of hydrogen-bond acceptors (Lipinski definition) is 2. The Morgan fingerprint density at radius 3 is 3.00 bits per heavy atom. The van der Waals surface area contributed by atoms with Crippen LogP contribution in [0.15, 0.2) is 30.6 Å². The van der Waals surface area contributed by atoms with Gasteiger partial charge in [0, 0.05) is 25.3 Å². The van der Waals surface area contributed by atoms with E-state index in [2.05, 4.69) is 27.7 Å². The molecule has 1 fully saturated rings. The smallest absolute Gasteiger partial charge is 0.116 e. The second-order valence-corrected chi connectivity index (χ2v) is 4.00. The summed E-state index contributed by atoms with van der Waals surface area (Å²) in [7, 11) is 0. The lowest BCUT2D eigenvalue weighted by molar-refractivity contribution is 0.0835. The van der Waals surface area contributed by atoms with E-state index in [1.165, 1.54) is 11.3 Å². The molecule has 15 heavy (non-hydrogen) atoms. The zero-order valence-electron chi connectivity index (χ0n) is 8.60. The van der Waals surface area contributed by atoms with E-state index in [0.29, 0.717) is 5.92 Å². The Bertz CT molecular complexity index is 457. The first-order valence-electron chi connectivity index (χ1n) is 5.45. The third-order valence-corrected chi connectivity index (χ3v) is 3.05. The van der Waals surface area contributed by atoms with Crippen LogP contribution >= 0.6 is 0 Å². The molecule has 3 rings (SSSR count). The van der Waals surface area contributed by atoms with Crippen molar-refractivity contribution in [1.82, 2.24) is 9.38 Å². The van der Waals surface area contributed by atoms with Gasteiger partial charge in [0.05, 0.1) is 11.7 Å². The molecule has 1 aliphatic rings. The maximum Gasteiger partial charge on any atom is 0.116 e. The molecule has 78 valence electrons. The van der Waals surface area contributed by atoms with E-state index < -0.39 is 0 Å². The third kappa shape index (κ3) is 1.53. The molecule has 0 spiro atoms. The largest absolute Gasteiger partial charge is 0.381 e. The van der Waals surface area contributed by atoms with Gasteiger partial charge in [-0.3, -0.25) is 0 Å². The highest BCUT2D eigenvalue weighted by atomic mass is 16.5. The molecule has 0 saturated carbocycles. The zero-order valence-corrected chi connectivity index (χ0v) is 8.60. The molecular weight excluding hydrogens is 188 g/mol. The van der Waals surface area contributed by atoms with E-state index in [-0.39, 0.29) is 0 Å². The number of hydrogen-bond donors (Lipinski definition) is 0. The topological polar surface area (TPSA) is 26.5 Å². The van der Waals surface area contributed by atoms with Crippen LogP contribution in [0.4, 0.5) is 0 Å². The van der Waals surface area contributed by atoms with Crippen molar-refractivity contribution in [1.29, 1.82) is 0 Å². The van der Waals surface area contributed by atoms with Crippen molar-refractivity contribution in [3.8, 4) is 0 Å². The number of pyridine rings is 1. The van der Waals surface area contributed by atoms with Crippen LogP contribution < -0.4 is 0 Å². The summed E-state index contributed by atoms with van der Waals surface area (Å²) in [5.41, 5.74) is 1.18. The van der Waals surface area contributed by atoms with Crippen LogP contribution in [0.1, 0.15) is 24.6 Å². The Morgan fingerprint density at radius 1 is 1.27 bits per heavy atom. The molecule has 3 heterocycles. The highest BCUT2D eigenvalue weighted by Gasteiger charge is 2.19. The average molecular weight is 202 g/mol. The first-order valence-corrected chi connectivity index (χ1v) is 5.45. The normalized spacial score (nSPS) is 18.4. The third-order valence-electron chi connectivity index (χ3n) is 3.05. The van der Waals surface area contributed by atoms with Gasteiger partial charge in [0.25, 0.3) is 0 Å². The van der Waals surface area contributed by atoms with Crippen LogP contribution in [0.5, 0.6) is 0 Å². The lowest BCUT2D eigenvalue weighted by Gasteiger charge is -2.20. The van der Waals surface area contributed by atoms with E-state index >= 15 is 0 Å². The standard InChI is InChI=1S/C12H14N2O/c1-2-6-14-11(3-1)9-13-12(14)10-4-7-15-8-5-10/h1-3,6,9-10H,4-5,7-8H2. The molecular formula is C12H14N2O. The molecule has 1 saturated heterocycles. The minimum Gasteiger partial charge on any atom is -0.381 e. The maximum absolute atomic E-state index is 5.37. The predicted octanol–water partition coefficient (Wildman–Crippen LogP) is 2.23. The molecule has 2 aromatic rings. The molecule has 2 aromatic heterocycles. The number of ether oxygens (including phenoxy) is 1. The van der Waals surface area contributed by atoms with Crippen LogP contribution in [0, 0.1) is 0 Å². The molecule has 3 heteroatoms. The van der Waals surface area contributed by atoms with Gasteiger partial charge in [-0.25, -0.2) is 4.98 Å². The van der Waals surface area contributed by atoms with Crippen molar-refractivity contribution in [2.75, 3.05) is 13.2 Å². The second-order valence-electron chi connectivity index (χ2n) is 4.00. The molecule has 0 N–H and O–H groups in total. The van der Waals surface area contributed by atoms with Crippen LogP contribution in [0.3, 0.4) is 0 Å². The Hall–Kier alpha value is -1.35. The summed E-state index contributed by atoms with van der Waals surface area (Å²) in [5, 5.41) is 0. The first kappa shape index (κ1) is 8.92. The van der Waals surface area contributed by atoms with Crippen molar-refractivity contribution >= 4 is 5.52 Å². The summed E-state index contributed by atoms with van der Waals surface area (Å²) in [5.74, 6) is 1.75. The van der Waals surface area contributed by atoms with E-state index in [4.69, 9.17) is 4.74 Å². The quantitative estimate of drug-likeness (QED) is 0.709. The molecule has 0 unspecified atom stereocenters. The second kappa shape index (κ2) is 3.66. The fraction of sp³-hybridized carbons (Fsp3) is 0.417. The predicted molar refractivity (Wildman–Crippen MR) is 58.0 cm³/mol. The number of rotatable bonds is 1. The zero-order chi connectivity index (χ0) is 10.1. The van der Waals surface area contributed by atoms with Gasteiger partial charge in [-0.1, -0.05) is 6.07 Å². The average Bonchev–Trinajstić information content (AvgIpc) is 2.74. The Labute approximate surface area is 88.7 Å². The first-order chi connectivity index (χ1) is 7.45. The SMILES string of the molecule is c1ccn2c(C3CCOCC3)ncc2c1. The van der Waals surface area contributed by atoms with Crippen LogP contribution in [0.2, 0.25) is 0 Å². The summed E-state index contributed by atoms with van der Waals surface area (Å²) < 4.78 is 7.56. The summed E-state index contributed by atoms with van der Waals surface area (Å²) >= 11 is 0. The molecule has 0 atom stereocenters. The Kier molecular flexibility index (Phi) is 2.18. The highest BCUT2D eigenvalue weighted by Crippen LogP contribution is 2.26. The van der Waals surface area contributed by atoms with E-state index in [0.717, 1.165) is 26.1 Å². The van der Waals surface area contributed by atoms with Crippen molar-refractivity contribution in [2.45, 2.75) is 18.8 Å². The fourth-order valence-corrected chi connectivity index (χ4v) is 2.22. The molecule has 0 bridgehead atoms. The van der Waals surface area contributed by atoms with Gasteiger partial charge in [-0.15, -0.1) is 0 Å². The monoisotopic (exact) mass is 202 g/mol. The summed E-state index contributed by atoms with van der Waals surface area (Å²) in [4.78, 5) is 4.53. The molecule has 0 aliphatic carbocycles. The van der Waals surface area contributed by atoms with Gasteiger partial charge in [0.2, 0.25) is 0 Å². The lowest BCUT2D eigenvalue weighted by atomic mass is 10.00. The fourth-order valence-electron chi connectivity index (χ4n) is 2.22. The molecule has 3 nitrogen and oxygen atoms in total. The summed E-state index contributed by atoms with van der Waals surface area (Å²) in [6.45, 7) is 1.73. The Morgan fingerprint density at radius 2 is 2.13 bits per heavy atom. The van der Waals surface area contributed by atoms with E-state index in [1.54, 1.807) is 0 Å². The number of fused-ring (bicyclic) bond motifs is 1. The molecule has 1 aliphatic heterocycles. The van der Waals surface area contributed by atoms with Crippen molar-refractivity contribution < 1.29 is 4.74 Å². The molecule has 0 radical (unpaired) electrons. The minimum absolute atomic E-state index is 0.559. The van der Waals surface area contributed by atoms with Gasteiger partial charge in [0.1, 0.15) is 5.82 Å². The molecule has 0 amide bonds. The van der Waals surface area contributed by atoms with E-state index in [1.807, 2.05) is 12.3 Å². The van der Waals surface area contributed by atoms with Crippen LogP contribution in [-0.4, -0.2) is 22.6 Å². The van der Waals surface area contributed by atoms with Gasteiger partial charge >= 0.3 is 0 Å². The Balaban J connectivity index is 2.02. The van der Waals surface area contributed by atoms with Gasteiger partial charge in [0.15, 0.2) is 0 Å². The van der Waals surface area contributed by atoms with Gasteiger partial charge in [-0.05, 0) is 25.0 Å². The minimum atomic E-state index is 0.559. The van der Waals surface area contributed by atoms with Crippen LogP contribution in [0.25, 0.3) is 5.52 Å². The maximum atomic E-state index is 5.37. The van der Waals surface area contributed by atoms with Crippen molar-refractivity contribution in [3.05, 3.63) is 36.4 Å². The highest BCUT2D eigenvalue weighted by molar-refractivity contribution is 5.45. The summed E-state index contributed by atoms with van der Waals surface area (Å²) in [6.07, 6.45) is 6.22. The van der Waals surface area contributed by atoms with Crippen molar-refractivity contribution in [2.24, 2.45) is 0 Å². The van der Waals surface area contributed by atoms with Gasteiger partial charge < -0.3 is 9.14 Å². The number of imidazole rings is 1. The van der Waals surface area contributed by atoms with Gasteiger partial charge in [-0.2, -0.15) is 0 Å². The molecule has 0 aromatic carbocycles.